The number of benzene rings is 2. The molecule has 0 aliphatic carbocycles. The Bertz CT molecular complexity index is 707. The predicted molar refractivity (Wildman–Crippen MR) is 86.1 cm³/mol. The standard InChI is InChI=1S/C17H15FN2S/c1-20(16-5-3-2-4-6-16)11-15-12-21-17(19-15)13-7-9-14(18)10-8-13/h2-10,12H,11H2,1H3. The summed E-state index contributed by atoms with van der Waals surface area (Å²) >= 11 is 1.59. The largest absolute Gasteiger partial charge is 0.369 e. The number of nitrogens with zero attached hydrogens (tertiary/aromatic N) is 2. The Labute approximate surface area is 127 Å². The molecule has 0 N–H and O–H groups in total. The van der Waals surface area contributed by atoms with Crippen LogP contribution in [0, 0.1) is 5.82 Å². The molecular weight excluding hydrogens is 283 g/mol. The summed E-state index contributed by atoms with van der Waals surface area (Å²) in [6.07, 6.45) is 0. The van der Waals surface area contributed by atoms with Gasteiger partial charge in [0.15, 0.2) is 0 Å². The molecule has 0 atom stereocenters. The molecular formula is C17H15FN2S. The Morgan fingerprint density at radius 3 is 2.48 bits per heavy atom. The molecule has 0 fully saturated rings. The molecule has 21 heavy (non-hydrogen) atoms. The summed E-state index contributed by atoms with van der Waals surface area (Å²) < 4.78 is 12.9. The second-order valence-corrected chi connectivity index (χ2v) is 5.70. The first kappa shape index (κ1) is 13.8. The van der Waals surface area contributed by atoms with Crippen LogP contribution < -0.4 is 4.90 Å². The number of hydrogen-bond acceptors (Lipinski definition) is 3. The third-order valence-corrected chi connectivity index (χ3v) is 4.18. The molecule has 1 heterocycles. The Kier molecular flexibility index (Phi) is 3.97. The van der Waals surface area contributed by atoms with E-state index in [1.165, 1.54) is 12.1 Å². The number of rotatable bonds is 4. The summed E-state index contributed by atoms with van der Waals surface area (Å²) in [6.45, 7) is 0.752. The van der Waals surface area contributed by atoms with Gasteiger partial charge in [0.2, 0.25) is 0 Å². The summed E-state index contributed by atoms with van der Waals surface area (Å²) in [7, 11) is 2.05. The highest BCUT2D eigenvalue weighted by Gasteiger charge is 2.07. The smallest absolute Gasteiger partial charge is 0.123 e. The Balaban J connectivity index is 1.75. The van der Waals surface area contributed by atoms with Crippen molar-refractivity contribution in [2.24, 2.45) is 0 Å². The number of hydrogen-bond donors (Lipinski definition) is 0. The van der Waals surface area contributed by atoms with E-state index < -0.39 is 0 Å². The van der Waals surface area contributed by atoms with Gasteiger partial charge in [0, 0.05) is 23.7 Å². The van der Waals surface area contributed by atoms with Crippen molar-refractivity contribution in [1.29, 1.82) is 0 Å². The molecule has 0 amide bonds. The molecule has 0 spiro atoms. The number of para-hydroxylation sites is 1. The molecule has 2 nitrogen and oxygen atoms in total. The highest BCUT2D eigenvalue weighted by molar-refractivity contribution is 7.13. The highest BCUT2D eigenvalue weighted by Crippen LogP contribution is 2.25. The van der Waals surface area contributed by atoms with Gasteiger partial charge in [-0.1, -0.05) is 18.2 Å². The third kappa shape index (κ3) is 3.28. The molecule has 2 aromatic carbocycles. The lowest BCUT2D eigenvalue weighted by Gasteiger charge is -2.17. The van der Waals surface area contributed by atoms with Crippen molar-refractivity contribution < 1.29 is 4.39 Å². The van der Waals surface area contributed by atoms with Crippen molar-refractivity contribution in [2.75, 3.05) is 11.9 Å². The van der Waals surface area contributed by atoms with Crippen molar-refractivity contribution in [1.82, 2.24) is 4.98 Å². The van der Waals surface area contributed by atoms with Crippen molar-refractivity contribution in [2.45, 2.75) is 6.54 Å². The van der Waals surface area contributed by atoms with Crippen LogP contribution in [0.5, 0.6) is 0 Å². The fourth-order valence-electron chi connectivity index (χ4n) is 2.12. The molecule has 0 unspecified atom stereocenters. The zero-order chi connectivity index (χ0) is 14.7. The zero-order valence-corrected chi connectivity index (χ0v) is 12.5. The van der Waals surface area contributed by atoms with E-state index in [-0.39, 0.29) is 5.82 Å². The van der Waals surface area contributed by atoms with Gasteiger partial charge >= 0.3 is 0 Å². The zero-order valence-electron chi connectivity index (χ0n) is 11.7. The van der Waals surface area contributed by atoms with Crippen LogP contribution in [0.1, 0.15) is 5.69 Å². The summed E-state index contributed by atoms with van der Waals surface area (Å²) in [5.74, 6) is -0.223. The van der Waals surface area contributed by atoms with Gasteiger partial charge < -0.3 is 4.90 Å². The lowest BCUT2D eigenvalue weighted by Crippen LogP contribution is -2.16. The van der Waals surface area contributed by atoms with Crippen LogP contribution in [0.25, 0.3) is 10.6 Å². The maximum Gasteiger partial charge on any atom is 0.123 e. The van der Waals surface area contributed by atoms with Crippen LogP contribution in [0.15, 0.2) is 60.0 Å². The van der Waals surface area contributed by atoms with Crippen molar-refractivity contribution >= 4 is 17.0 Å². The average Bonchev–Trinajstić information content (AvgIpc) is 2.97. The first-order valence-corrected chi connectivity index (χ1v) is 7.57. The minimum absolute atomic E-state index is 0.223. The average molecular weight is 298 g/mol. The summed E-state index contributed by atoms with van der Waals surface area (Å²) in [5.41, 5.74) is 3.13. The molecule has 3 rings (SSSR count). The first-order valence-electron chi connectivity index (χ1n) is 6.69. The Morgan fingerprint density at radius 2 is 1.76 bits per heavy atom. The van der Waals surface area contributed by atoms with Gasteiger partial charge in [-0.2, -0.15) is 0 Å². The van der Waals surface area contributed by atoms with E-state index in [0.717, 1.165) is 28.5 Å². The number of halogens is 1. The van der Waals surface area contributed by atoms with Crippen molar-refractivity contribution in [3.05, 3.63) is 71.5 Å². The first-order chi connectivity index (χ1) is 10.2. The lowest BCUT2D eigenvalue weighted by molar-refractivity contribution is 0.628. The fourth-order valence-corrected chi connectivity index (χ4v) is 2.94. The van der Waals surface area contributed by atoms with E-state index >= 15 is 0 Å². The van der Waals surface area contributed by atoms with E-state index in [9.17, 15) is 4.39 Å². The molecule has 0 saturated heterocycles. The Morgan fingerprint density at radius 1 is 1.05 bits per heavy atom. The maximum atomic E-state index is 12.9. The van der Waals surface area contributed by atoms with Gasteiger partial charge in [-0.25, -0.2) is 9.37 Å². The van der Waals surface area contributed by atoms with E-state index in [0.29, 0.717) is 0 Å². The van der Waals surface area contributed by atoms with Crippen LogP contribution in [0.3, 0.4) is 0 Å². The van der Waals surface area contributed by atoms with Gasteiger partial charge in [0.05, 0.1) is 12.2 Å². The molecule has 0 bridgehead atoms. The lowest BCUT2D eigenvalue weighted by atomic mass is 10.2. The molecule has 0 radical (unpaired) electrons. The highest BCUT2D eigenvalue weighted by atomic mass is 32.1. The number of anilines is 1. The third-order valence-electron chi connectivity index (χ3n) is 3.24. The van der Waals surface area contributed by atoms with E-state index in [4.69, 9.17) is 0 Å². The van der Waals surface area contributed by atoms with E-state index in [1.807, 2.05) is 25.2 Å². The monoisotopic (exact) mass is 298 g/mol. The molecule has 3 aromatic rings. The van der Waals surface area contributed by atoms with Gasteiger partial charge in [-0.15, -0.1) is 11.3 Å². The molecule has 106 valence electrons. The normalized spacial score (nSPS) is 10.6. The molecule has 0 aliphatic heterocycles. The minimum Gasteiger partial charge on any atom is -0.369 e. The predicted octanol–water partition coefficient (Wildman–Crippen LogP) is 4.59. The van der Waals surface area contributed by atoms with Crippen LogP contribution in [0.4, 0.5) is 10.1 Å². The minimum atomic E-state index is -0.223. The van der Waals surface area contributed by atoms with Gasteiger partial charge in [-0.05, 0) is 36.4 Å². The van der Waals surface area contributed by atoms with E-state index in [2.05, 4.69) is 27.4 Å². The second-order valence-electron chi connectivity index (χ2n) is 4.84. The van der Waals surface area contributed by atoms with Crippen LogP contribution in [0.2, 0.25) is 0 Å². The molecule has 1 aromatic heterocycles. The quantitative estimate of drug-likeness (QED) is 0.700. The van der Waals surface area contributed by atoms with Gasteiger partial charge in [0.25, 0.3) is 0 Å². The molecule has 4 heteroatoms. The fraction of sp³-hybridized carbons (Fsp3) is 0.118. The topological polar surface area (TPSA) is 16.1 Å². The summed E-state index contributed by atoms with van der Waals surface area (Å²) in [5, 5.41) is 2.98. The van der Waals surface area contributed by atoms with Crippen LogP contribution >= 0.6 is 11.3 Å². The van der Waals surface area contributed by atoms with Crippen LogP contribution in [-0.4, -0.2) is 12.0 Å². The summed E-state index contributed by atoms with van der Waals surface area (Å²) in [4.78, 5) is 6.79. The number of aromatic nitrogens is 1. The van der Waals surface area contributed by atoms with Crippen LogP contribution in [-0.2, 0) is 6.54 Å². The van der Waals surface area contributed by atoms with Gasteiger partial charge in [-0.3, -0.25) is 0 Å². The van der Waals surface area contributed by atoms with E-state index in [1.54, 1.807) is 23.5 Å². The SMILES string of the molecule is CN(Cc1csc(-c2ccc(F)cc2)n1)c1ccccc1. The van der Waals surface area contributed by atoms with Crippen molar-refractivity contribution in [3.63, 3.8) is 0 Å². The second kappa shape index (κ2) is 6.06. The van der Waals surface area contributed by atoms with Crippen molar-refractivity contribution in [3.8, 4) is 10.6 Å². The molecule has 0 aliphatic rings. The summed E-state index contributed by atoms with van der Waals surface area (Å²) in [6, 6.07) is 16.7. The molecule has 0 saturated carbocycles. The number of thiazole rings is 1. The Hall–Kier alpha value is -2.20. The van der Waals surface area contributed by atoms with Gasteiger partial charge in [0.1, 0.15) is 10.8 Å². The maximum absolute atomic E-state index is 12.9.